The average molecular weight is 417 g/mol. The fourth-order valence-corrected chi connectivity index (χ4v) is 3.87. The molecule has 156 valence electrons. The highest BCUT2D eigenvalue weighted by Gasteiger charge is 2.49. The van der Waals surface area contributed by atoms with E-state index in [0.29, 0.717) is 16.5 Å². The van der Waals surface area contributed by atoms with Crippen molar-refractivity contribution in [3.63, 3.8) is 0 Å². The molecule has 4 rings (SSSR count). The zero-order valence-corrected chi connectivity index (χ0v) is 16.0. The first-order chi connectivity index (χ1) is 14.2. The lowest BCUT2D eigenvalue weighted by atomic mass is 9.89. The summed E-state index contributed by atoms with van der Waals surface area (Å²) >= 11 is 0. The van der Waals surface area contributed by atoms with Crippen LogP contribution in [0.3, 0.4) is 0 Å². The summed E-state index contributed by atoms with van der Waals surface area (Å²) in [7, 11) is 0. The molecule has 1 fully saturated rings. The summed E-state index contributed by atoms with van der Waals surface area (Å²) in [6.45, 7) is 0.848. The van der Waals surface area contributed by atoms with Crippen molar-refractivity contribution in [3.05, 3.63) is 64.5 Å². The fraction of sp³-hybridized carbons (Fsp3) is 0.286. The second-order valence-electron chi connectivity index (χ2n) is 7.55. The van der Waals surface area contributed by atoms with Crippen LogP contribution in [0.1, 0.15) is 30.0 Å². The van der Waals surface area contributed by atoms with Crippen molar-refractivity contribution in [2.45, 2.75) is 31.7 Å². The van der Waals surface area contributed by atoms with Crippen molar-refractivity contribution in [3.8, 4) is 0 Å². The maximum absolute atomic E-state index is 13.8. The number of aryl methyl sites for hydroxylation is 2. The lowest BCUT2D eigenvalue weighted by molar-refractivity contribution is -0.133. The molecule has 2 aromatic carbocycles. The van der Waals surface area contributed by atoms with Gasteiger partial charge in [0.1, 0.15) is 12.1 Å². The Bertz CT molecular complexity index is 1090. The van der Waals surface area contributed by atoms with Gasteiger partial charge in [-0.25, -0.2) is 18.0 Å². The Kier molecular flexibility index (Phi) is 4.76. The molecule has 1 saturated heterocycles. The van der Waals surface area contributed by atoms with E-state index >= 15 is 0 Å². The number of imide groups is 1. The number of carbonyl (C=O) groups excluding carboxylic acids is 3. The lowest BCUT2D eigenvalue weighted by Gasteiger charge is -2.23. The van der Waals surface area contributed by atoms with Gasteiger partial charge in [0.25, 0.3) is 5.91 Å². The molecule has 30 heavy (non-hydrogen) atoms. The lowest BCUT2D eigenvalue weighted by Crippen LogP contribution is -2.42. The molecule has 0 unspecified atom stereocenters. The first-order valence-corrected chi connectivity index (χ1v) is 9.40. The van der Waals surface area contributed by atoms with E-state index in [9.17, 15) is 27.6 Å². The molecular weight excluding hydrogens is 399 g/mol. The number of anilines is 1. The smallest absolute Gasteiger partial charge is 0.322 e. The summed E-state index contributed by atoms with van der Waals surface area (Å²) in [5.41, 5.74) is 1.01. The van der Waals surface area contributed by atoms with Crippen LogP contribution in [-0.2, 0) is 28.0 Å². The third kappa shape index (κ3) is 3.20. The number of halogens is 3. The van der Waals surface area contributed by atoms with Gasteiger partial charge in [-0.2, -0.15) is 0 Å². The highest BCUT2D eigenvalue weighted by atomic mass is 19.2. The number of fused-ring (bicyclic) bond motifs is 1. The van der Waals surface area contributed by atoms with E-state index in [0.717, 1.165) is 30.9 Å². The molecule has 1 aliphatic carbocycles. The summed E-state index contributed by atoms with van der Waals surface area (Å²) in [6, 6.07) is 6.34. The van der Waals surface area contributed by atoms with Crippen LogP contribution in [0.25, 0.3) is 0 Å². The number of nitrogens with one attached hydrogen (secondary N) is 2. The number of hydrogen-bond donors (Lipinski definition) is 2. The molecule has 0 spiro atoms. The number of hydrogen-bond acceptors (Lipinski definition) is 3. The van der Waals surface area contributed by atoms with E-state index in [1.54, 1.807) is 13.0 Å². The van der Waals surface area contributed by atoms with Gasteiger partial charge in [0.05, 0.1) is 5.69 Å². The van der Waals surface area contributed by atoms with E-state index in [-0.39, 0.29) is 0 Å². The number of urea groups is 1. The van der Waals surface area contributed by atoms with Crippen LogP contribution >= 0.6 is 0 Å². The molecule has 6 nitrogen and oxygen atoms in total. The van der Waals surface area contributed by atoms with Crippen LogP contribution < -0.4 is 10.6 Å². The van der Waals surface area contributed by atoms with E-state index in [4.69, 9.17) is 0 Å². The van der Waals surface area contributed by atoms with Gasteiger partial charge >= 0.3 is 6.03 Å². The highest BCUT2D eigenvalue weighted by Crippen LogP contribution is 2.32. The van der Waals surface area contributed by atoms with Gasteiger partial charge in [0, 0.05) is 0 Å². The number of carbonyl (C=O) groups is 3. The predicted octanol–water partition coefficient (Wildman–Crippen LogP) is 3.00. The quantitative estimate of drug-likeness (QED) is 0.593. The third-order valence-corrected chi connectivity index (χ3v) is 5.56. The van der Waals surface area contributed by atoms with E-state index in [1.807, 2.05) is 12.1 Å². The Labute approximate surface area is 170 Å². The van der Waals surface area contributed by atoms with E-state index in [1.165, 1.54) is 5.56 Å². The van der Waals surface area contributed by atoms with Crippen LogP contribution in [0.5, 0.6) is 0 Å². The summed E-state index contributed by atoms with van der Waals surface area (Å²) in [4.78, 5) is 38.3. The van der Waals surface area contributed by atoms with Crippen LogP contribution in [-0.4, -0.2) is 29.3 Å². The molecule has 1 atom stereocenters. The molecule has 9 heteroatoms. The number of benzene rings is 2. The van der Waals surface area contributed by atoms with Gasteiger partial charge in [-0.05, 0) is 55.0 Å². The zero-order chi connectivity index (χ0) is 21.6. The van der Waals surface area contributed by atoms with E-state index < -0.39 is 53.1 Å². The van der Waals surface area contributed by atoms with Crippen LogP contribution in [0.2, 0.25) is 0 Å². The van der Waals surface area contributed by atoms with Crippen molar-refractivity contribution >= 4 is 23.5 Å². The Hall–Kier alpha value is -3.36. The molecule has 0 aromatic heterocycles. The Morgan fingerprint density at radius 3 is 2.60 bits per heavy atom. The maximum atomic E-state index is 13.8. The summed E-state index contributed by atoms with van der Waals surface area (Å²) in [5.74, 6) is -6.26. The van der Waals surface area contributed by atoms with Crippen LogP contribution in [0.15, 0.2) is 30.3 Å². The minimum atomic E-state index is -1.73. The first kappa shape index (κ1) is 19.9. The van der Waals surface area contributed by atoms with Gasteiger partial charge in [-0.15, -0.1) is 0 Å². The molecule has 0 bridgehead atoms. The Morgan fingerprint density at radius 2 is 1.83 bits per heavy atom. The minimum absolute atomic E-state index is 0.590. The zero-order valence-electron chi connectivity index (χ0n) is 16.0. The molecule has 2 N–H and O–H groups in total. The van der Waals surface area contributed by atoms with Crippen molar-refractivity contribution in [2.75, 3.05) is 11.9 Å². The van der Waals surface area contributed by atoms with Gasteiger partial charge in [-0.1, -0.05) is 18.2 Å². The predicted molar refractivity (Wildman–Crippen MR) is 101 cm³/mol. The van der Waals surface area contributed by atoms with Crippen molar-refractivity contribution in [2.24, 2.45) is 0 Å². The van der Waals surface area contributed by atoms with Gasteiger partial charge in [0.2, 0.25) is 5.91 Å². The standard InChI is InChI=1S/C21H18F3N3O3/c1-21(13-6-5-11-3-2-4-12(11)9-13)19(29)27(20(30)26-21)10-16(28)25-15-8-7-14(22)17(23)18(15)24/h5-9H,2-4,10H2,1H3,(H,25,28)(H,26,30)/t21-/m0/s1. The normalized spacial score (nSPS) is 20.3. The molecule has 2 aliphatic rings. The summed E-state index contributed by atoms with van der Waals surface area (Å²) < 4.78 is 40.1. The summed E-state index contributed by atoms with van der Waals surface area (Å²) in [6.07, 6.45) is 2.90. The van der Waals surface area contributed by atoms with Crippen molar-refractivity contribution in [1.82, 2.24) is 10.2 Å². The largest absolute Gasteiger partial charge is 0.325 e. The Morgan fingerprint density at radius 1 is 1.10 bits per heavy atom. The molecule has 1 aliphatic heterocycles. The molecule has 4 amide bonds. The van der Waals surface area contributed by atoms with Crippen molar-refractivity contribution in [1.29, 1.82) is 0 Å². The second kappa shape index (κ2) is 7.16. The van der Waals surface area contributed by atoms with Crippen molar-refractivity contribution < 1.29 is 27.6 Å². The number of nitrogens with zero attached hydrogens (tertiary/aromatic N) is 1. The molecule has 1 heterocycles. The third-order valence-electron chi connectivity index (χ3n) is 5.56. The topological polar surface area (TPSA) is 78.5 Å². The van der Waals surface area contributed by atoms with Crippen LogP contribution in [0.4, 0.5) is 23.7 Å². The second-order valence-corrected chi connectivity index (χ2v) is 7.55. The SMILES string of the molecule is C[C@@]1(c2ccc3c(c2)CCC3)NC(=O)N(CC(=O)Nc2ccc(F)c(F)c2F)C1=O. The molecule has 0 saturated carbocycles. The first-order valence-electron chi connectivity index (χ1n) is 9.40. The fourth-order valence-electron chi connectivity index (χ4n) is 3.87. The number of rotatable bonds is 4. The average Bonchev–Trinajstić information content (AvgIpc) is 3.27. The molecular formula is C21H18F3N3O3. The summed E-state index contributed by atoms with van der Waals surface area (Å²) in [5, 5.41) is 4.66. The van der Waals surface area contributed by atoms with Gasteiger partial charge in [0.15, 0.2) is 17.5 Å². The van der Waals surface area contributed by atoms with Gasteiger partial charge < -0.3 is 10.6 Å². The Balaban J connectivity index is 1.52. The van der Waals surface area contributed by atoms with Crippen LogP contribution in [0, 0.1) is 17.5 Å². The van der Waals surface area contributed by atoms with E-state index in [2.05, 4.69) is 10.6 Å². The monoisotopic (exact) mass is 417 g/mol. The molecule has 0 radical (unpaired) electrons. The highest BCUT2D eigenvalue weighted by molar-refractivity contribution is 6.10. The number of amides is 4. The maximum Gasteiger partial charge on any atom is 0.325 e. The molecule has 2 aromatic rings. The minimum Gasteiger partial charge on any atom is -0.322 e. The van der Waals surface area contributed by atoms with Gasteiger partial charge in [-0.3, -0.25) is 14.5 Å².